The summed E-state index contributed by atoms with van der Waals surface area (Å²) in [5.41, 5.74) is 0.206. The van der Waals surface area contributed by atoms with Gasteiger partial charge >= 0.3 is 5.97 Å². The highest BCUT2D eigenvalue weighted by Gasteiger charge is 2.44. The molecule has 0 spiro atoms. The van der Waals surface area contributed by atoms with Crippen molar-refractivity contribution >= 4 is 11.9 Å². The second-order valence-corrected chi connectivity index (χ2v) is 6.65. The predicted molar refractivity (Wildman–Crippen MR) is 85.6 cm³/mol. The van der Waals surface area contributed by atoms with Gasteiger partial charge in [0.05, 0.1) is 11.3 Å². The van der Waals surface area contributed by atoms with Crippen molar-refractivity contribution in [3.63, 3.8) is 0 Å². The molecule has 1 heterocycles. The Balaban J connectivity index is 2.23. The number of benzene rings is 1. The predicted octanol–water partition coefficient (Wildman–Crippen LogP) is 3.14. The number of hydrogen-bond acceptors (Lipinski definition) is 2. The average Bonchev–Trinajstić information content (AvgIpc) is 2.92. The molecule has 0 bridgehead atoms. The van der Waals surface area contributed by atoms with Crippen LogP contribution in [0, 0.1) is 11.3 Å². The number of amides is 1. The lowest BCUT2D eigenvalue weighted by Crippen LogP contribution is -2.38. The van der Waals surface area contributed by atoms with Gasteiger partial charge in [-0.1, -0.05) is 50.6 Å². The van der Waals surface area contributed by atoms with E-state index < -0.39 is 11.4 Å². The van der Waals surface area contributed by atoms with E-state index in [-0.39, 0.29) is 17.7 Å². The summed E-state index contributed by atoms with van der Waals surface area (Å²) in [4.78, 5) is 26.1. The van der Waals surface area contributed by atoms with Crippen molar-refractivity contribution in [3.8, 4) is 0 Å². The average molecular weight is 303 g/mol. The maximum Gasteiger partial charge on any atom is 0.311 e. The number of likely N-dealkylation sites (tertiary alicyclic amines) is 1. The molecule has 2 rings (SSSR count). The second-order valence-electron chi connectivity index (χ2n) is 6.65. The fourth-order valence-corrected chi connectivity index (χ4v) is 3.13. The highest BCUT2D eigenvalue weighted by atomic mass is 16.4. The van der Waals surface area contributed by atoms with Crippen LogP contribution in [0.25, 0.3) is 0 Å². The Morgan fingerprint density at radius 2 is 1.95 bits per heavy atom. The number of aliphatic carboxylic acids is 1. The van der Waals surface area contributed by atoms with Gasteiger partial charge in [-0.3, -0.25) is 9.59 Å². The molecule has 1 fully saturated rings. The molecule has 1 amide bonds. The second kappa shape index (κ2) is 6.51. The Labute approximate surface area is 132 Å². The Hall–Kier alpha value is -1.84. The van der Waals surface area contributed by atoms with Crippen molar-refractivity contribution in [2.45, 2.75) is 39.5 Å². The van der Waals surface area contributed by atoms with E-state index in [0.717, 1.165) is 12.0 Å². The van der Waals surface area contributed by atoms with Crippen molar-refractivity contribution in [3.05, 3.63) is 35.9 Å². The van der Waals surface area contributed by atoms with Gasteiger partial charge in [0.25, 0.3) is 0 Å². The largest absolute Gasteiger partial charge is 0.481 e. The number of carbonyl (C=O) groups is 2. The van der Waals surface area contributed by atoms with Gasteiger partial charge in [-0.15, -0.1) is 0 Å². The number of rotatable bonds is 5. The summed E-state index contributed by atoms with van der Waals surface area (Å²) in [6.45, 7) is 6.73. The van der Waals surface area contributed by atoms with E-state index in [2.05, 4.69) is 13.8 Å². The first kappa shape index (κ1) is 16.5. The molecule has 3 unspecified atom stereocenters. The number of hydrogen-bond donors (Lipinski definition) is 1. The van der Waals surface area contributed by atoms with Crippen LogP contribution in [0.3, 0.4) is 0 Å². The van der Waals surface area contributed by atoms with Crippen molar-refractivity contribution in [2.24, 2.45) is 11.3 Å². The number of carboxylic acids is 1. The maximum atomic E-state index is 13.0. The molecule has 1 aliphatic rings. The van der Waals surface area contributed by atoms with Gasteiger partial charge in [0.2, 0.25) is 5.91 Å². The van der Waals surface area contributed by atoms with E-state index in [1.165, 1.54) is 0 Å². The van der Waals surface area contributed by atoms with E-state index in [0.29, 0.717) is 19.5 Å². The minimum atomic E-state index is -0.817. The molecule has 22 heavy (non-hydrogen) atoms. The van der Waals surface area contributed by atoms with Crippen LogP contribution in [0.15, 0.2) is 30.3 Å². The Bertz CT molecular complexity index is 543. The zero-order chi connectivity index (χ0) is 16.3. The number of carbonyl (C=O) groups excluding carboxylic acids is 1. The zero-order valence-electron chi connectivity index (χ0n) is 13.6. The SMILES string of the molecule is CCC(C)C(C(=O)N1CCC(C)(C(=O)O)C1)c1ccccc1. The summed E-state index contributed by atoms with van der Waals surface area (Å²) in [6.07, 6.45) is 1.44. The van der Waals surface area contributed by atoms with Crippen molar-refractivity contribution in [2.75, 3.05) is 13.1 Å². The third-order valence-corrected chi connectivity index (χ3v) is 4.94. The zero-order valence-corrected chi connectivity index (χ0v) is 13.6. The first-order valence-corrected chi connectivity index (χ1v) is 7.96. The molecule has 4 nitrogen and oxygen atoms in total. The topological polar surface area (TPSA) is 57.6 Å². The normalized spacial score (nSPS) is 24.0. The van der Waals surface area contributed by atoms with Crippen LogP contribution < -0.4 is 0 Å². The molecule has 1 saturated heterocycles. The van der Waals surface area contributed by atoms with E-state index >= 15 is 0 Å². The van der Waals surface area contributed by atoms with Crippen LogP contribution >= 0.6 is 0 Å². The maximum absolute atomic E-state index is 13.0. The van der Waals surface area contributed by atoms with Gasteiger partial charge in [0, 0.05) is 13.1 Å². The molecule has 1 aliphatic heterocycles. The Kier molecular flexibility index (Phi) is 4.89. The van der Waals surface area contributed by atoms with Crippen LogP contribution in [-0.4, -0.2) is 35.0 Å². The number of carboxylic acid groups (broad SMARTS) is 1. The smallest absolute Gasteiger partial charge is 0.311 e. The Morgan fingerprint density at radius 3 is 2.45 bits per heavy atom. The molecule has 4 heteroatoms. The minimum absolute atomic E-state index is 0.0607. The van der Waals surface area contributed by atoms with Gasteiger partial charge in [0.15, 0.2) is 0 Å². The van der Waals surface area contributed by atoms with Gasteiger partial charge in [-0.2, -0.15) is 0 Å². The summed E-state index contributed by atoms with van der Waals surface area (Å²) in [5.74, 6) is -0.720. The molecular formula is C18H25NO3. The first-order chi connectivity index (χ1) is 10.4. The molecule has 0 saturated carbocycles. The van der Waals surface area contributed by atoms with Gasteiger partial charge in [-0.25, -0.2) is 0 Å². The molecule has 1 N–H and O–H groups in total. The minimum Gasteiger partial charge on any atom is -0.481 e. The lowest BCUT2D eigenvalue weighted by atomic mass is 9.84. The quantitative estimate of drug-likeness (QED) is 0.909. The fourth-order valence-electron chi connectivity index (χ4n) is 3.13. The van der Waals surface area contributed by atoms with Crippen LogP contribution in [0.4, 0.5) is 0 Å². The third-order valence-electron chi connectivity index (χ3n) is 4.94. The lowest BCUT2D eigenvalue weighted by Gasteiger charge is -2.28. The summed E-state index contributed by atoms with van der Waals surface area (Å²) < 4.78 is 0. The summed E-state index contributed by atoms with van der Waals surface area (Å²) in [7, 11) is 0. The van der Waals surface area contributed by atoms with Crippen LogP contribution in [0.2, 0.25) is 0 Å². The fraction of sp³-hybridized carbons (Fsp3) is 0.556. The van der Waals surface area contributed by atoms with Crippen molar-refractivity contribution < 1.29 is 14.7 Å². The van der Waals surface area contributed by atoms with Crippen LogP contribution in [0.5, 0.6) is 0 Å². The molecule has 3 atom stereocenters. The van der Waals surface area contributed by atoms with Crippen molar-refractivity contribution in [1.29, 1.82) is 0 Å². The van der Waals surface area contributed by atoms with E-state index in [1.807, 2.05) is 30.3 Å². The van der Waals surface area contributed by atoms with Crippen LogP contribution in [-0.2, 0) is 9.59 Å². The monoisotopic (exact) mass is 303 g/mol. The first-order valence-electron chi connectivity index (χ1n) is 7.96. The van der Waals surface area contributed by atoms with Gasteiger partial charge in [0.1, 0.15) is 0 Å². The molecule has 0 radical (unpaired) electrons. The Morgan fingerprint density at radius 1 is 1.32 bits per heavy atom. The molecular weight excluding hydrogens is 278 g/mol. The van der Waals surface area contributed by atoms with E-state index in [1.54, 1.807) is 11.8 Å². The summed E-state index contributed by atoms with van der Waals surface area (Å²) >= 11 is 0. The van der Waals surface area contributed by atoms with Gasteiger partial charge < -0.3 is 10.0 Å². The van der Waals surface area contributed by atoms with Gasteiger partial charge in [-0.05, 0) is 24.8 Å². The molecule has 0 aromatic heterocycles. The van der Waals surface area contributed by atoms with Crippen LogP contribution in [0.1, 0.15) is 45.1 Å². The van der Waals surface area contributed by atoms with E-state index in [9.17, 15) is 14.7 Å². The molecule has 120 valence electrons. The molecule has 1 aromatic rings. The lowest BCUT2D eigenvalue weighted by molar-refractivity contribution is -0.147. The summed E-state index contributed by atoms with van der Waals surface area (Å²) in [5, 5.41) is 9.35. The third kappa shape index (κ3) is 3.16. The van der Waals surface area contributed by atoms with Crippen molar-refractivity contribution in [1.82, 2.24) is 4.90 Å². The highest BCUT2D eigenvalue weighted by Crippen LogP contribution is 2.35. The summed E-state index contributed by atoms with van der Waals surface area (Å²) in [6, 6.07) is 9.81. The molecule has 0 aliphatic carbocycles. The highest BCUT2D eigenvalue weighted by molar-refractivity contribution is 5.86. The molecule has 1 aromatic carbocycles. The number of nitrogens with zero attached hydrogens (tertiary/aromatic N) is 1. The van der Waals surface area contributed by atoms with E-state index in [4.69, 9.17) is 0 Å². The standard InChI is InChI=1S/C18H25NO3/c1-4-13(2)15(14-8-6-5-7-9-14)16(20)19-11-10-18(3,12-19)17(21)22/h5-9,13,15H,4,10-12H2,1-3H3,(H,21,22).